The van der Waals surface area contributed by atoms with Gasteiger partial charge in [0.1, 0.15) is 0 Å². The smallest absolute Gasteiger partial charge is 0.295 e. The van der Waals surface area contributed by atoms with Gasteiger partial charge in [0.25, 0.3) is 5.69 Å². The Morgan fingerprint density at radius 2 is 2.06 bits per heavy atom. The Morgan fingerprint density at radius 3 is 2.59 bits per heavy atom. The van der Waals surface area contributed by atoms with Crippen LogP contribution < -0.4 is 5.32 Å². The van der Waals surface area contributed by atoms with Gasteiger partial charge in [-0.2, -0.15) is 0 Å². The molecule has 0 heterocycles. The minimum Gasteiger partial charge on any atom is -0.377 e. The molecule has 0 aliphatic heterocycles. The summed E-state index contributed by atoms with van der Waals surface area (Å²) in [7, 11) is 0. The number of halogens is 2. The van der Waals surface area contributed by atoms with E-state index < -0.39 is 22.2 Å². The van der Waals surface area contributed by atoms with Gasteiger partial charge in [-0.15, -0.1) is 0 Å². The molecule has 0 atom stereocenters. The first-order valence-electron chi connectivity index (χ1n) is 5.29. The number of anilines is 1. The van der Waals surface area contributed by atoms with Crippen LogP contribution in [0.25, 0.3) is 0 Å². The van der Waals surface area contributed by atoms with Crippen molar-refractivity contribution in [2.75, 3.05) is 11.9 Å². The molecular formula is C11H14F2N2O2. The van der Waals surface area contributed by atoms with Gasteiger partial charge in [0.2, 0.25) is 0 Å². The van der Waals surface area contributed by atoms with Crippen LogP contribution in [0.5, 0.6) is 0 Å². The lowest BCUT2D eigenvalue weighted by Crippen LogP contribution is -2.09. The molecule has 0 unspecified atom stereocenters. The molecule has 6 heteroatoms. The van der Waals surface area contributed by atoms with Crippen molar-refractivity contribution in [2.45, 2.75) is 20.3 Å². The van der Waals surface area contributed by atoms with Gasteiger partial charge in [0, 0.05) is 12.6 Å². The zero-order chi connectivity index (χ0) is 13.0. The van der Waals surface area contributed by atoms with Crippen molar-refractivity contribution in [1.29, 1.82) is 0 Å². The van der Waals surface area contributed by atoms with Gasteiger partial charge >= 0.3 is 0 Å². The van der Waals surface area contributed by atoms with Gasteiger partial charge in [-0.25, -0.2) is 8.78 Å². The summed E-state index contributed by atoms with van der Waals surface area (Å²) in [5.74, 6) is -1.93. The van der Waals surface area contributed by atoms with Crippen LogP contribution in [0, 0.1) is 27.7 Å². The highest BCUT2D eigenvalue weighted by Gasteiger charge is 2.21. The molecule has 94 valence electrons. The molecule has 0 aliphatic rings. The molecule has 0 fully saturated rings. The molecule has 1 aromatic carbocycles. The maximum Gasteiger partial charge on any atom is 0.295 e. The fourth-order valence-electron chi connectivity index (χ4n) is 1.35. The fraction of sp³-hybridized carbons (Fsp3) is 0.455. The second-order valence-electron chi connectivity index (χ2n) is 4.12. The molecule has 1 rings (SSSR count). The van der Waals surface area contributed by atoms with Crippen molar-refractivity contribution in [3.8, 4) is 0 Å². The zero-order valence-corrected chi connectivity index (χ0v) is 9.67. The number of nitrogens with zero attached hydrogens (tertiary/aromatic N) is 1. The van der Waals surface area contributed by atoms with Gasteiger partial charge in [0.15, 0.2) is 17.3 Å². The lowest BCUT2D eigenvalue weighted by atomic mass is 10.1. The molecule has 1 aromatic rings. The largest absolute Gasteiger partial charge is 0.377 e. The summed E-state index contributed by atoms with van der Waals surface area (Å²) in [6.45, 7) is 4.30. The Bertz CT molecular complexity index is 422. The predicted octanol–water partition coefficient (Wildman–Crippen LogP) is 3.33. The summed E-state index contributed by atoms with van der Waals surface area (Å²) in [5, 5.41) is 13.2. The van der Waals surface area contributed by atoms with E-state index in [0.29, 0.717) is 18.9 Å². The van der Waals surface area contributed by atoms with Crippen molar-refractivity contribution in [3.63, 3.8) is 0 Å². The van der Waals surface area contributed by atoms with E-state index in [4.69, 9.17) is 0 Å². The SMILES string of the molecule is CC(C)CCNc1c([N+](=O)[O-])ccc(F)c1F. The molecule has 0 aliphatic carbocycles. The van der Waals surface area contributed by atoms with Crippen molar-refractivity contribution < 1.29 is 13.7 Å². The quantitative estimate of drug-likeness (QED) is 0.638. The highest BCUT2D eigenvalue weighted by Crippen LogP contribution is 2.29. The molecule has 0 amide bonds. The number of nitro benzene ring substituents is 1. The van der Waals surface area contributed by atoms with E-state index in [1.807, 2.05) is 13.8 Å². The summed E-state index contributed by atoms with van der Waals surface area (Å²) in [5.41, 5.74) is -0.830. The Kier molecular flexibility index (Phi) is 4.37. The number of nitrogens with one attached hydrogen (secondary N) is 1. The molecule has 0 radical (unpaired) electrons. The molecule has 1 N–H and O–H groups in total. The van der Waals surface area contributed by atoms with Gasteiger partial charge in [0.05, 0.1) is 4.92 Å². The van der Waals surface area contributed by atoms with Crippen LogP contribution in [0.1, 0.15) is 20.3 Å². The minimum atomic E-state index is -1.21. The van der Waals surface area contributed by atoms with Gasteiger partial charge in [-0.3, -0.25) is 10.1 Å². The van der Waals surface area contributed by atoms with Crippen LogP contribution in [0.4, 0.5) is 20.2 Å². The van der Waals surface area contributed by atoms with E-state index in [1.165, 1.54) is 0 Å². The number of benzene rings is 1. The average Bonchev–Trinajstić information content (AvgIpc) is 2.23. The first-order chi connectivity index (χ1) is 7.93. The van der Waals surface area contributed by atoms with E-state index >= 15 is 0 Å². The van der Waals surface area contributed by atoms with Gasteiger partial charge < -0.3 is 5.32 Å². The van der Waals surface area contributed by atoms with E-state index in [9.17, 15) is 18.9 Å². The van der Waals surface area contributed by atoms with Gasteiger partial charge in [-0.05, 0) is 18.4 Å². The average molecular weight is 244 g/mol. The monoisotopic (exact) mass is 244 g/mol. The van der Waals surface area contributed by atoms with Crippen molar-refractivity contribution in [1.82, 2.24) is 0 Å². The van der Waals surface area contributed by atoms with Gasteiger partial charge in [-0.1, -0.05) is 13.8 Å². The van der Waals surface area contributed by atoms with Crippen LogP contribution >= 0.6 is 0 Å². The standard InChI is InChI=1S/C11H14F2N2O2/c1-7(2)5-6-14-11-9(15(16)17)4-3-8(12)10(11)13/h3-4,7,14H,5-6H2,1-2H3. The first-order valence-corrected chi connectivity index (χ1v) is 5.29. The Balaban J connectivity index is 2.94. The van der Waals surface area contributed by atoms with E-state index in [0.717, 1.165) is 12.1 Å². The van der Waals surface area contributed by atoms with Crippen LogP contribution in [-0.4, -0.2) is 11.5 Å². The maximum atomic E-state index is 13.4. The molecule has 0 spiro atoms. The van der Waals surface area contributed by atoms with E-state index in [2.05, 4.69) is 5.32 Å². The topological polar surface area (TPSA) is 55.2 Å². The Hall–Kier alpha value is -1.72. The molecular weight excluding hydrogens is 230 g/mol. The molecule has 0 bridgehead atoms. The number of nitro groups is 1. The van der Waals surface area contributed by atoms with Crippen LogP contribution in [0.2, 0.25) is 0 Å². The Labute approximate surface area is 97.8 Å². The predicted molar refractivity (Wildman–Crippen MR) is 61.0 cm³/mol. The van der Waals surface area contributed by atoms with Crippen LogP contribution in [-0.2, 0) is 0 Å². The fourth-order valence-corrected chi connectivity index (χ4v) is 1.35. The van der Waals surface area contributed by atoms with Crippen LogP contribution in [0.15, 0.2) is 12.1 Å². The lowest BCUT2D eigenvalue weighted by Gasteiger charge is -2.09. The number of hydrogen-bond donors (Lipinski definition) is 1. The molecule has 17 heavy (non-hydrogen) atoms. The second kappa shape index (κ2) is 5.56. The van der Waals surface area contributed by atoms with Crippen LogP contribution in [0.3, 0.4) is 0 Å². The summed E-state index contributed by atoms with van der Waals surface area (Å²) < 4.78 is 26.4. The number of rotatable bonds is 5. The minimum absolute atomic E-state index is 0.360. The number of hydrogen-bond acceptors (Lipinski definition) is 3. The third-order valence-corrected chi connectivity index (χ3v) is 2.29. The maximum absolute atomic E-state index is 13.4. The van der Waals surface area contributed by atoms with Crippen molar-refractivity contribution >= 4 is 11.4 Å². The molecule has 0 aromatic heterocycles. The second-order valence-corrected chi connectivity index (χ2v) is 4.12. The van der Waals surface area contributed by atoms with E-state index in [1.54, 1.807) is 0 Å². The van der Waals surface area contributed by atoms with Crippen molar-refractivity contribution in [3.05, 3.63) is 33.9 Å². The first kappa shape index (κ1) is 13.3. The summed E-state index contributed by atoms with van der Waals surface area (Å²) >= 11 is 0. The summed E-state index contributed by atoms with van der Waals surface area (Å²) in [4.78, 5) is 9.92. The Morgan fingerprint density at radius 1 is 1.41 bits per heavy atom. The molecule has 4 nitrogen and oxygen atoms in total. The highest BCUT2D eigenvalue weighted by molar-refractivity contribution is 5.62. The summed E-state index contributed by atoms with van der Waals surface area (Å²) in [6.07, 6.45) is 0.715. The summed E-state index contributed by atoms with van der Waals surface area (Å²) in [6, 6.07) is 1.71. The molecule has 0 saturated carbocycles. The third kappa shape index (κ3) is 3.37. The lowest BCUT2D eigenvalue weighted by molar-refractivity contribution is -0.384. The van der Waals surface area contributed by atoms with Crippen molar-refractivity contribution in [2.24, 2.45) is 5.92 Å². The third-order valence-electron chi connectivity index (χ3n) is 2.29. The van der Waals surface area contributed by atoms with E-state index in [-0.39, 0.29) is 5.69 Å². The normalized spacial score (nSPS) is 10.6. The highest BCUT2D eigenvalue weighted by atomic mass is 19.2. The zero-order valence-electron chi connectivity index (χ0n) is 9.67. The molecule has 0 saturated heterocycles.